The summed E-state index contributed by atoms with van der Waals surface area (Å²) in [7, 11) is 0. The van der Waals surface area contributed by atoms with Gasteiger partial charge < -0.3 is 14.3 Å². The highest BCUT2D eigenvalue weighted by Crippen LogP contribution is 2.49. The van der Waals surface area contributed by atoms with Gasteiger partial charge in [0.2, 0.25) is 11.7 Å². The molecule has 7 heteroatoms. The molecule has 2 heterocycles. The first kappa shape index (κ1) is 15.0. The minimum atomic E-state index is -0.727. The fourth-order valence-electron chi connectivity index (χ4n) is 2.58. The summed E-state index contributed by atoms with van der Waals surface area (Å²) >= 11 is 5.74. The number of hydrogen-bond donors (Lipinski definition) is 1. The summed E-state index contributed by atoms with van der Waals surface area (Å²) in [6.45, 7) is 0. The Bertz CT molecular complexity index is 900. The molecule has 1 aliphatic carbocycles. The van der Waals surface area contributed by atoms with Crippen molar-refractivity contribution in [2.24, 2.45) is 0 Å². The van der Waals surface area contributed by atoms with Crippen LogP contribution in [0.5, 0.6) is 0 Å². The van der Waals surface area contributed by atoms with E-state index >= 15 is 0 Å². The molecule has 1 amide bonds. The van der Waals surface area contributed by atoms with Gasteiger partial charge in [0, 0.05) is 11.8 Å². The predicted molar refractivity (Wildman–Crippen MR) is 85.2 cm³/mol. The van der Waals surface area contributed by atoms with Crippen molar-refractivity contribution in [3.8, 4) is 11.5 Å². The number of nitrogens with one attached hydrogen (secondary N) is 1. The Morgan fingerprint density at radius 1 is 1.25 bits per heavy atom. The zero-order valence-corrected chi connectivity index (χ0v) is 13.1. The lowest BCUT2D eigenvalue weighted by molar-refractivity contribution is -0.118. The number of halogens is 2. The van der Waals surface area contributed by atoms with E-state index in [9.17, 15) is 9.18 Å². The molecule has 122 valence electrons. The van der Waals surface area contributed by atoms with Crippen LogP contribution < -0.4 is 5.32 Å². The number of rotatable bonds is 4. The van der Waals surface area contributed by atoms with Crippen molar-refractivity contribution in [1.82, 2.24) is 5.16 Å². The largest absolute Gasteiger partial charge is 0.461 e. The van der Waals surface area contributed by atoms with Gasteiger partial charge >= 0.3 is 0 Å². The summed E-state index contributed by atoms with van der Waals surface area (Å²) in [5, 5.41) is 6.74. The van der Waals surface area contributed by atoms with E-state index in [4.69, 9.17) is 20.5 Å². The highest BCUT2D eigenvalue weighted by atomic mass is 35.5. The lowest BCUT2D eigenvalue weighted by Gasteiger charge is -2.12. The normalized spacial score (nSPS) is 15.2. The molecule has 0 unspecified atom stereocenters. The molecule has 0 bridgehead atoms. The van der Waals surface area contributed by atoms with Crippen LogP contribution in [-0.2, 0) is 10.2 Å². The van der Waals surface area contributed by atoms with Crippen LogP contribution in [0.2, 0.25) is 5.02 Å². The molecule has 1 aromatic carbocycles. The van der Waals surface area contributed by atoms with Gasteiger partial charge in [0.1, 0.15) is 5.82 Å². The molecule has 0 aliphatic heterocycles. The SMILES string of the molecule is O=C(Nc1ccc(F)c(Cl)c1)C1(c2cc(-c3ccco3)on2)CC1. The van der Waals surface area contributed by atoms with Gasteiger partial charge in [-0.25, -0.2) is 4.39 Å². The second-order valence-electron chi connectivity index (χ2n) is 5.72. The maximum atomic E-state index is 13.2. The quantitative estimate of drug-likeness (QED) is 0.760. The van der Waals surface area contributed by atoms with Gasteiger partial charge in [-0.15, -0.1) is 0 Å². The Balaban J connectivity index is 1.56. The molecule has 0 atom stereocenters. The zero-order chi connectivity index (χ0) is 16.7. The molecule has 3 aromatic rings. The maximum Gasteiger partial charge on any atom is 0.236 e. The number of amides is 1. The first-order chi connectivity index (χ1) is 11.6. The Morgan fingerprint density at radius 3 is 2.75 bits per heavy atom. The van der Waals surface area contributed by atoms with Crippen LogP contribution in [0.25, 0.3) is 11.5 Å². The fraction of sp³-hybridized carbons (Fsp3) is 0.176. The van der Waals surface area contributed by atoms with Crippen molar-refractivity contribution in [2.45, 2.75) is 18.3 Å². The fourth-order valence-corrected chi connectivity index (χ4v) is 2.77. The van der Waals surface area contributed by atoms with E-state index < -0.39 is 11.2 Å². The molecule has 0 spiro atoms. The van der Waals surface area contributed by atoms with Gasteiger partial charge in [-0.1, -0.05) is 16.8 Å². The molecular formula is C17H12ClFN2O3. The minimum absolute atomic E-state index is 0.0424. The van der Waals surface area contributed by atoms with Gasteiger partial charge in [0.15, 0.2) is 5.76 Å². The molecule has 1 saturated carbocycles. The second kappa shape index (κ2) is 5.49. The van der Waals surface area contributed by atoms with Crippen molar-refractivity contribution in [2.75, 3.05) is 5.32 Å². The van der Waals surface area contributed by atoms with Crippen LogP contribution in [-0.4, -0.2) is 11.1 Å². The molecule has 1 aliphatic rings. The summed E-state index contributed by atoms with van der Waals surface area (Å²) in [4.78, 5) is 12.6. The topological polar surface area (TPSA) is 68.3 Å². The van der Waals surface area contributed by atoms with Crippen LogP contribution in [0.3, 0.4) is 0 Å². The molecule has 1 fully saturated rings. The number of anilines is 1. The van der Waals surface area contributed by atoms with Crippen molar-refractivity contribution < 1.29 is 18.1 Å². The lowest BCUT2D eigenvalue weighted by Crippen LogP contribution is -2.28. The number of aromatic nitrogens is 1. The molecule has 24 heavy (non-hydrogen) atoms. The monoisotopic (exact) mass is 346 g/mol. The number of furan rings is 1. The van der Waals surface area contributed by atoms with E-state index in [-0.39, 0.29) is 10.9 Å². The molecule has 1 N–H and O–H groups in total. The van der Waals surface area contributed by atoms with Crippen LogP contribution >= 0.6 is 11.6 Å². The highest BCUT2D eigenvalue weighted by Gasteiger charge is 2.54. The van der Waals surface area contributed by atoms with Crippen molar-refractivity contribution in [3.05, 3.63) is 59.2 Å². The van der Waals surface area contributed by atoms with Crippen LogP contribution in [0, 0.1) is 5.82 Å². The van der Waals surface area contributed by atoms with Crippen LogP contribution in [0.15, 0.2) is 51.6 Å². The van der Waals surface area contributed by atoms with E-state index in [2.05, 4.69) is 10.5 Å². The zero-order valence-electron chi connectivity index (χ0n) is 12.4. The van der Waals surface area contributed by atoms with E-state index in [0.29, 0.717) is 35.7 Å². The predicted octanol–water partition coefficient (Wildman–Crippen LogP) is 4.40. The number of hydrogen-bond acceptors (Lipinski definition) is 4. The number of carbonyl (C=O) groups is 1. The Morgan fingerprint density at radius 2 is 2.08 bits per heavy atom. The molecule has 5 nitrogen and oxygen atoms in total. The van der Waals surface area contributed by atoms with Gasteiger partial charge in [-0.05, 0) is 43.2 Å². The number of benzene rings is 1. The molecule has 0 radical (unpaired) electrons. The number of carbonyl (C=O) groups excluding carboxylic acids is 1. The van der Waals surface area contributed by atoms with Gasteiger partial charge in [0.05, 0.1) is 22.4 Å². The third-order valence-electron chi connectivity index (χ3n) is 4.13. The Hall–Kier alpha value is -2.60. The smallest absolute Gasteiger partial charge is 0.236 e. The number of nitrogens with zero attached hydrogens (tertiary/aromatic N) is 1. The summed E-state index contributed by atoms with van der Waals surface area (Å²) in [6.07, 6.45) is 2.87. The van der Waals surface area contributed by atoms with Crippen molar-refractivity contribution >= 4 is 23.2 Å². The molecule has 2 aromatic heterocycles. The molecule has 0 saturated heterocycles. The van der Waals surface area contributed by atoms with Crippen molar-refractivity contribution in [1.29, 1.82) is 0 Å². The highest BCUT2D eigenvalue weighted by molar-refractivity contribution is 6.31. The first-order valence-electron chi connectivity index (χ1n) is 7.36. The van der Waals surface area contributed by atoms with Crippen LogP contribution in [0.1, 0.15) is 18.5 Å². The maximum absolute atomic E-state index is 13.2. The third-order valence-corrected chi connectivity index (χ3v) is 4.42. The van der Waals surface area contributed by atoms with E-state index in [0.717, 1.165) is 0 Å². The van der Waals surface area contributed by atoms with Gasteiger partial charge in [-0.2, -0.15) is 0 Å². The van der Waals surface area contributed by atoms with Crippen molar-refractivity contribution in [3.63, 3.8) is 0 Å². The third kappa shape index (κ3) is 2.49. The van der Waals surface area contributed by atoms with Gasteiger partial charge in [-0.3, -0.25) is 4.79 Å². The summed E-state index contributed by atoms with van der Waals surface area (Å²) in [6, 6.07) is 9.26. The second-order valence-corrected chi connectivity index (χ2v) is 6.13. The Kier molecular flexibility index (Phi) is 3.42. The standard InChI is InChI=1S/C17H12ClFN2O3/c18-11-8-10(3-4-12(11)19)20-16(22)17(5-6-17)15-9-14(24-21-15)13-2-1-7-23-13/h1-4,7-9H,5-6H2,(H,20,22). The first-order valence-corrected chi connectivity index (χ1v) is 7.74. The van der Waals surface area contributed by atoms with E-state index in [1.54, 1.807) is 18.2 Å². The Labute approximate surface area is 141 Å². The summed E-state index contributed by atoms with van der Waals surface area (Å²) < 4.78 is 23.7. The molecular weight excluding hydrogens is 335 g/mol. The van der Waals surface area contributed by atoms with E-state index in [1.165, 1.54) is 24.5 Å². The summed E-state index contributed by atoms with van der Waals surface area (Å²) in [5.41, 5.74) is 0.266. The average molecular weight is 347 g/mol. The average Bonchev–Trinajstić information content (AvgIpc) is 3.00. The lowest BCUT2D eigenvalue weighted by atomic mass is 10.0. The van der Waals surface area contributed by atoms with E-state index in [1.807, 2.05) is 0 Å². The minimum Gasteiger partial charge on any atom is -0.461 e. The molecule has 4 rings (SSSR count). The van der Waals surface area contributed by atoms with Gasteiger partial charge in [0.25, 0.3) is 0 Å². The van der Waals surface area contributed by atoms with Crippen LogP contribution in [0.4, 0.5) is 10.1 Å². The summed E-state index contributed by atoms with van der Waals surface area (Å²) in [5.74, 6) is 0.272.